The molecular weight excluding hydrogens is 412 g/mol. The molecule has 0 unspecified atom stereocenters. The van der Waals surface area contributed by atoms with Crippen molar-refractivity contribution < 1.29 is 23.6 Å². The summed E-state index contributed by atoms with van der Waals surface area (Å²) in [6.45, 7) is 6.25. The van der Waals surface area contributed by atoms with Gasteiger partial charge in [0.2, 0.25) is 0 Å². The number of hydrogen-bond acceptors (Lipinski definition) is 7. The molecule has 3 rings (SSSR count). The molecule has 1 N–H and O–H groups in total. The van der Waals surface area contributed by atoms with E-state index in [2.05, 4.69) is 15.5 Å². The zero-order chi connectivity index (χ0) is 23.1. The molecule has 0 aliphatic rings. The lowest BCUT2D eigenvalue weighted by atomic mass is 10.1. The summed E-state index contributed by atoms with van der Waals surface area (Å²) in [5, 5.41) is 6.36. The van der Waals surface area contributed by atoms with Crippen LogP contribution in [0.3, 0.4) is 0 Å². The van der Waals surface area contributed by atoms with Gasteiger partial charge in [-0.1, -0.05) is 11.2 Å². The Labute approximate surface area is 185 Å². The van der Waals surface area contributed by atoms with Crippen LogP contribution < -0.4 is 5.32 Å². The van der Waals surface area contributed by atoms with Gasteiger partial charge in [0.15, 0.2) is 12.4 Å². The first-order valence-electron chi connectivity index (χ1n) is 10.2. The summed E-state index contributed by atoms with van der Waals surface area (Å²) in [7, 11) is 0. The summed E-state index contributed by atoms with van der Waals surface area (Å²) < 4.78 is 10.2. The van der Waals surface area contributed by atoms with Crippen LogP contribution in [0.4, 0.5) is 5.69 Å². The molecule has 0 radical (unpaired) electrons. The summed E-state index contributed by atoms with van der Waals surface area (Å²) in [6, 6.07) is 13.0. The van der Waals surface area contributed by atoms with Gasteiger partial charge in [-0.3, -0.25) is 9.59 Å². The van der Waals surface area contributed by atoms with Crippen LogP contribution in [0.2, 0.25) is 0 Å². The molecule has 0 atom stereocenters. The molecule has 1 aromatic heterocycles. The van der Waals surface area contributed by atoms with Gasteiger partial charge in [0.05, 0.1) is 5.56 Å². The highest BCUT2D eigenvalue weighted by molar-refractivity contribution is 5.98. The van der Waals surface area contributed by atoms with Crippen LogP contribution in [0.15, 0.2) is 53.1 Å². The van der Waals surface area contributed by atoms with E-state index in [1.165, 1.54) is 0 Å². The molecule has 9 heteroatoms. The van der Waals surface area contributed by atoms with Crippen LogP contribution in [-0.4, -0.2) is 52.5 Å². The van der Waals surface area contributed by atoms with Gasteiger partial charge < -0.3 is 19.5 Å². The maximum Gasteiger partial charge on any atom is 0.338 e. The third-order valence-electron chi connectivity index (χ3n) is 4.67. The van der Waals surface area contributed by atoms with Crippen molar-refractivity contribution in [1.29, 1.82) is 0 Å². The Morgan fingerprint density at radius 1 is 1.03 bits per heavy atom. The van der Waals surface area contributed by atoms with Crippen LogP contribution >= 0.6 is 0 Å². The number of ether oxygens (including phenoxy) is 1. The second-order valence-electron chi connectivity index (χ2n) is 6.91. The van der Waals surface area contributed by atoms with E-state index in [4.69, 9.17) is 9.26 Å². The van der Waals surface area contributed by atoms with E-state index in [0.717, 1.165) is 0 Å². The highest BCUT2D eigenvalue weighted by Gasteiger charge is 2.15. The maximum atomic E-state index is 12.5. The predicted molar refractivity (Wildman–Crippen MR) is 117 cm³/mol. The van der Waals surface area contributed by atoms with Gasteiger partial charge in [0.25, 0.3) is 17.7 Å². The molecule has 0 spiro atoms. The van der Waals surface area contributed by atoms with Crippen LogP contribution in [0, 0.1) is 6.92 Å². The van der Waals surface area contributed by atoms with Crippen molar-refractivity contribution >= 4 is 23.5 Å². The van der Waals surface area contributed by atoms with Gasteiger partial charge in [0.1, 0.15) is 0 Å². The number of amides is 2. The van der Waals surface area contributed by atoms with Crippen LogP contribution in [0.25, 0.3) is 11.5 Å². The zero-order valence-electron chi connectivity index (χ0n) is 18.1. The molecule has 32 heavy (non-hydrogen) atoms. The molecule has 2 aromatic carbocycles. The first-order valence-corrected chi connectivity index (χ1v) is 10.2. The van der Waals surface area contributed by atoms with Crippen LogP contribution in [0.5, 0.6) is 0 Å². The molecule has 0 aliphatic heterocycles. The first-order chi connectivity index (χ1) is 15.4. The number of anilines is 1. The number of nitrogens with one attached hydrogen (secondary N) is 1. The normalized spacial score (nSPS) is 10.5. The van der Waals surface area contributed by atoms with Gasteiger partial charge in [-0.15, -0.1) is 0 Å². The lowest BCUT2D eigenvalue weighted by molar-refractivity contribution is -0.119. The highest BCUT2D eigenvalue weighted by atomic mass is 16.5. The maximum absolute atomic E-state index is 12.5. The van der Waals surface area contributed by atoms with E-state index in [9.17, 15) is 14.4 Å². The number of aryl methyl sites for hydroxylation is 1. The minimum atomic E-state index is -0.640. The quantitative estimate of drug-likeness (QED) is 0.539. The Balaban J connectivity index is 1.55. The van der Waals surface area contributed by atoms with E-state index in [1.807, 2.05) is 13.8 Å². The number of benzene rings is 2. The topological polar surface area (TPSA) is 115 Å². The monoisotopic (exact) mass is 436 g/mol. The lowest BCUT2D eigenvalue weighted by Gasteiger charge is -2.19. The number of aromatic nitrogens is 2. The average Bonchev–Trinajstić information content (AvgIpc) is 3.24. The van der Waals surface area contributed by atoms with Crippen molar-refractivity contribution in [3.05, 3.63) is 65.5 Å². The number of rotatable bonds is 8. The molecule has 1 heterocycles. The summed E-state index contributed by atoms with van der Waals surface area (Å²) in [4.78, 5) is 42.7. The smallest absolute Gasteiger partial charge is 0.338 e. The van der Waals surface area contributed by atoms with Crippen molar-refractivity contribution in [2.45, 2.75) is 20.8 Å². The Hall–Kier alpha value is -4.01. The molecule has 0 saturated heterocycles. The second kappa shape index (κ2) is 10.3. The molecule has 166 valence electrons. The van der Waals surface area contributed by atoms with E-state index >= 15 is 0 Å². The Bertz CT molecular complexity index is 1100. The van der Waals surface area contributed by atoms with E-state index in [0.29, 0.717) is 41.6 Å². The summed E-state index contributed by atoms with van der Waals surface area (Å²) in [5.41, 5.74) is 1.87. The zero-order valence-corrected chi connectivity index (χ0v) is 18.1. The molecule has 0 fully saturated rings. The Morgan fingerprint density at radius 2 is 1.75 bits per heavy atom. The fourth-order valence-corrected chi connectivity index (χ4v) is 3.00. The predicted octanol–water partition coefficient (Wildman–Crippen LogP) is 3.32. The third kappa shape index (κ3) is 5.57. The van der Waals surface area contributed by atoms with Crippen molar-refractivity contribution in [1.82, 2.24) is 15.0 Å². The molecule has 0 aliphatic carbocycles. The van der Waals surface area contributed by atoms with Crippen LogP contribution in [-0.2, 0) is 9.53 Å². The third-order valence-corrected chi connectivity index (χ3v) is 4.67. The fourth-order valence-electron chi connectivity index (χ4n) is 3.00. The van der Waals surface area contributed by atoms with Gasteiger partial charge in [-0.05, 0) is 63.2 Å². The van der Waals surface area contributed by atoms with Gasteiger partial charge in [-0.2, -0.15) is 4.98 Å². The first kappa shape index (κ1) is 22.7. The number of esters is 1. The standard InChI is InChI=1S/C23H24N4O5/c1-4-27(5-2)22(29)18-7-6-8-19(13-18)25-20(28)14-31-23(30)17-11-9-16(10-12-17)21-24-15(3)26-32-21/h6-13H,4-5,14H2,1-3H3,(H,25,28). The number of carbonyl (C=O) groups is 3. The summed E-state index contributed by atoms with van der Waals surface area (Å²) >= 11 is 0. The average molecular weight is 436 g/mol. The minimum absolute atomic E-state index is 0.114. The number of carbonyl (C=O) groups excluding carboxylic acids is 3. The molecule has 3 aromatic rings. The largest absolute Gasteiger partial charge is 0.452 e. The van der Waals surface area contributed by atoms with Crippen molar-refractivity contribution in [3.8, 4) is 11.5 Å². The number of nitrogens with zero attached hydrogens (tertiary/aromatic N) is 3. The van der Waals surface area contributed by atoms with Crippen molar-refractivity contribution in [2.75, 3.05) is 25.0 Å². The summed E-state index contributed by atoms with van der Waals surface area (Å²) in [6.07, 6.45) is 0. The second-order valence-corrected chi connectivity index (χ2v) is 6.91. The Morgan fingerprint density at radius 3 is 2.38 bits per heavy atom. The van der Waals surface area contributed by atoms with Crippen molar-refractivity contribution in [2.24, 2.45) is 0 Å². The van der Waals surface area contributed by atoms with Gasteiger partial charge in [-0.25, -0.2) is 4.79 Å². The van der Waals surface area contributed by atoms with Crippen molar-refractivity contribution in [3.63, 3.8) is 0 Å². The molecule has 0 saturated carbocycles. The lowest BCUT2D eigenvalue weighted by Crippen LogP contribution is -2.30. The fraction of sp³-hybridized carbons (Fsp3) is 0.261. The van der Waals surface area contributed by atoms with Gasteiger partial charge in [0, 0.05) is 29.9 Å². The highest BCUT2D eigenvalue weighted by Crippen LogP contribution is 2.18. The molecular formula is C23H24N4O5. The van der Waals surface area contributed by atoms with E-state index in [-0.39, 0.29) is 11.5 Å². The van der Waals surface area contributed by atoms with Crippen LogP contribution in [0.1, 0.15) is 40.4 Å². The van der Waals surface area contributed by atoms with E-state index in [1.54, 1.807) is 60.4 Å². The molecule has 2 amide bonds. The molecule has 9 nitrogen and oxygen atoms in total. The van der Waals surface area contributed by atoms with Gasteiger partial charge >= 0.3 is 5.97 Å². The molecule has 0 bridgehead atoms. The number of hydrogen-bond donors (Lipinski definition) is 1. The SMILES string of the molecule is CCN(CC)C(=O)c1cccc(NC(=O)COC(=O)c2ccc(-c3nc(C)no3)cc2)c1. The summed E-state index contributed by atoms with van der Waals surface area (Å²) in [5.74, 6) is -0.403. The van der Waals surface area contributed by atoms with E-state index < -0.39 is 18.5 Å². The Kier molecular flexibility index (Phi) is 7.33. The minimum Gasteiger partial charge on any atom is -0.452 e.